The van der Waals surface area contributed by atoms with Gasteiger partial charge in [0.25, 0.3) is 0 Å². The van der Waals surface area contributed by atoms with Gasteiger partial charge in [0.05, 0.1) is 31.9 Å². The zero-order valence-electron chi connectivity index (χ0n) is 9.58. The van der Waals surface area contributed by atoms with Gasteiger partial charge in [-0.25, -0.2) is 0 Å². The van der Waals surface area contributed by atoms with Crippen molar-refractivity contribution in [3.05, 3.63) is 0 Å². The first-order chi connectivity index (χ1) is 6.54. The Morgan fingerprint density at radius 2 is 2.21 bits per heavy atom. The van der Waals surface area contributed by atoms with Crippen LogP contribution in [-0.4, -0.2) is 41.5 Å². The van der Waals surface area contributed by atoms with E-state index in [1.54, 1.807) is 6.92 Å². The average Bonchev–Trinajstić information content (AvgIpc) is 2.10. The Labute approximate surface area is 91.6 Å². The van der Waals surface area contributed by atoms with Gasteiger partial charge in [-0.3, -0.25) is 4.79 Å². The van der Waals surface area contributed by atoms with E-state index in [2.05, 4.69) is 14.0 Å². The Hall–Kier alpha value is -0.0200. The molecule has 1 rings (SSSR count). The van der Waals surface area contributed by atoms with Crippen molar-refractivity contribution in [2.24, 2.45) is 0 Å². The van der Waals surface area contributed by atoms with Crippen molar-refractivity contribution in [3.8, 4) is 0 Å². The lowest BCUT2D eigenvalue weighted by molar-refractivity contribution is -0.934. The molecule has 1 aliphatic heterocycles. The van der Waals surface area contributed by atoms with Crippen molar-refractivity contribution < 1.29 is 9.28 Å². The van der Waals surface area contributed by atoms with E-state index in [-0.39, 0.29) is 5.12 Å². The molecule has 1 aliphatic rings. The Morgan fingerprint density at radius 1 is 1.50 bits per heavy atom. The van der Waals surface area contributed by atoms with Crippen molar-refractivity contribution in [2.75, 3.05) is 25.9 Å². The molecule has 1 heterocycles. The third-order valence-electron chi connectivity index (χ3n) is 3.51. The van der Waals surface area contributed by atoms with Gasteiger partial charge in [-0.2, -0.15) is 0 Å². The van der Waals surface area contributed by atoms with Crippen molar-refractivity contribution in [2.45, 2.75) is 39.2 Å². The van der Waals surface area contributed by atoms with Crippen LogP contribution >= 0.6 is 11.8 Å². The molecule has 0 aliphatic carbocycles. The molecule has 0 aromatic rings. The standard InChI is InChI=1S/C11H22NOS/c1-10-6-4-5-7-12(10,3)8-9-14-11(2)13/h10H,4-9H2,1-3H3/q+1. The summed E-state index contributed by atoms with van der Waals surface area (Å²) in [5, 5.41) is 0.251. The van der Waals surface area contributed by atoms with E-state index in [0.717, 1.165) is 18.3 Å². The number of quaternary nitrogens is 1. The fraction of sp³-hybridized carbons (Fsp3) is 0.909. The third-order valence-corrected chi connectivity index (χ3v) is 4.31. The maximum absolute atomic E-state index is 10.8. The molecule has 2 nitrogen and oxygen atoms in total. The van der Waals surface area contributed by atoms with Crippen LogP contribution in [0.1, 0.15) is 33.1 Å². The normalized spacial score (nSPS) is 32.9. The molecule has 2 atom stereocenters. The zero-order chi connectivity index (χ0) is 10.6. The van der Waals surface area contributed by atoms with E-state index < -0.39 is 0 Å². The van der Waals surface area contributed by atoms with Crippen molar-refractivity contribution in [1.29, 1.82) is 0 Å². The molecule has 0 amide bonds. The van der Waals surface area contributed by atoms with Crippen LogP contribution in [0.25, 0.3) is 0 Å². The molecule has 0 radical (unpaired) electrons. The molecule has 0 spiro atoms. The summed E-state index contributed by atoms with van der Waals surface area (Å²) in [5.74, 6) is 0.982. The largest absolute Gasteiger partial charge is 0.323 e. The second kappa shape index (κ2) is 5.17. The Balaban J connectivity index is 2.35. The minimum atomic E-state index is 0.251. The van der Waals surface area contributed by atoms with Gasteiger partial charge in [0.2, 0.25) is 0 Å². The first-order valence-electron chi connectivity index (χ1n) is 5.52. The van der Waals surface area contributed by atoms with Crippen molar-refractivity contribution >= 4 is 16.9 Å². The van der Waals surface area contributed by atoms with Gasteiger partial charge in [0, 0.05) is 6.92 Å². The molecule has 1 fully saturated rings. The number of thioether (sulfide) groups is 1. The number of carbonyl (C=O) groups excluding carboxylic acids is 1. The fourth-order valence-electron chi connectivity index (χ4n) is 2.17. The van der Waals surface area contributed by atoms with Crippen molar-refractivity contribution in [1.82, 2.24) is 0 Å². The molecule has 0 aromatic heterocycles. The summed E-state index contributed by atoms with van der Waals surface area (Å²) >= 11 is 1.47. The van der Waals surface area contributed by atoms with Crippen LogP contribution in [0.2, 0.25) is 0 Å². The third kappa shape index (κ3) is 3.28. The monoisotopic (exact) mass is 216 g/mol. The van der Waals surface area contributed by atoms with Crippen LogP contribution in [0.4, 0.5) is 0 Å². The number of likely N-dealkylation sites (tertiary alicyclic amines) is 1. The highest BCUT2D eigenvalue weighted by Gasteiger charge is 2.31. The number of nitrogens with zero attached hydrogens (tertiary/aromatic N) is 1. The SMILES string of the molecule is CC(=O)SCC[N+]1(C)CCCCC1C. The Kier molecular flexibility index (Phi) is 4.45. The van der Waals surface area contributed by atoms with E-state index in [0.29, 0.717) is 0 Å². The predicted molar refractivity (Wildman–Crippen MR) is 62.4 cm³/mol. The van der Waals surface area contributed by atoms with Crippen LogP contribution in [-0.2, 0) is 4.79 Å². The van der Waals surface area contributed by atoms with Gasteiger partial charge in [-0.05, 0) is 26.2 Å². The summed E-state index contributed by atoms with van der Waals surface area (Å²) in [6.45, 7) is 6.44. The first-order valence-corrected chi connectivity index (χ1v) is 6.51. The molecular weight excluding hydrogens is 194 g/mol. The van der Waals surface area contributed by atoms with Crippen LogP contribution < -0.4 is 0 Å². The second-order valence-electron chi connectivity index (χ2n) is 4.61. The number of rotatable bonds is 3. The van der Waals surface area contributed by atoms with Gasteiger partial charge in [0.1, 0.15) is 0 Å². The van der Waals surface area contributed by atoms with Gasteiger partial charge < -0.3 is 4.48 Å². The maximum Gasteiger partial charge on any atom is 0.186 e. The summed E-state index contributed by atoms with van der Waals surface area (Å²) < 4.78 is 1.17. The summed E-state index contributed by atoms with van der Waals surface area (Å²) in [4.78, 5) is 10.8. The number of piperidine rings is 1. The zero-order valence-corrected chi connectivity index (χ0v) is 10.4. The molecule has 0 aromatic carbocycles. The molecule has 3 heteroatoms. The quantitative estimate of drug-likeness (QED) is 0.673. The molecule has 0 bridgehead atoms. The summed E-state index contributed by atoms with van der Waals surface area (Å²) in [6.07, 6.45) is 4.08. The lowest BCUT2D eigenvalue weighted by Crippen LogP contribution is -2.54. The molecular formula is C11H22NOS+. The van der Waals surface area contributed by atoms with E-state index in [1.165, 1.54) is 42.1 Å². The predicted octanol–water partition coefficient (Wildman–Crippen LogP) is 2.29. The Morgan fingerprint density at radius 3 is 2.79 bits per heavy atom. The number of carbonyl (C=O) groups is 1. The number of hydrogen-bond acceptors (Lipinski definition) is 2. The summed E-state index contributed by atoms with van der Waals surface area (Å²) in [6, 6.07) is 0.774. The Bertz CT molecular complexity index is 207. The van der Waals surface area contributed by atoms with E-state index in [4.69, 9.17) is 0 Å². The molecule has 14 heavy (non-hydrogen) atoms. The van der Waals surface area contributed by atoms with Crippen LogP contribution in [0.5, 0.6) is 0 Å². The minimum Gasteiger partial charge on any atom is -0.323 e. The highest BCUT2D eigenvalue weighted by Crippen LogP contribution is 2.23. The highest BCUT2D eigenvalue weighted by atomic mass is 32.2. The van der Waals surface area contributed by atoms with Crippen LogP contribution in [0.3, 0.4) is 0 Å². The second-order valence-corrected chi connectivity index (χ2v) is 5.88. The van der Waals surface area contributed by atoms with E-state index >= 15 is 0 Å². The van der Waals surface area contributed by atoms with Gasteiger partial charge >= 0.3 is 0 Å². The molecule has 0 N–H and O–H groups in total. The van der Waals surface area contributed by atoms with E-state index in [1.807, 2.05) is 0 Å². The number of hydrogen-bond donors (Lipinski definition) is 0. The summed E-state index contributed by atoms with van der Waals surface area (Å²) in [7, 11) is 2.34. The van der Waals surface area contributed by atoms with Gasteiger partial charge in [0.15, 0.2) is 5.12 Å². The summed E-state index contributed by atoms with van der Waals surface area (Å²) in [5.41, 5.74) is 0. The van der Waals surface area contributed by atoms with E-state index in [9.17, 15) is 4.79 Å². The molecule has 82 valence electrons. The van der Waals surface area contributed by atoms with Crippen molar-refractivity contribution in [3.63, 3.8) is 0 Å². The highest BCUT2D eigenvalue weighted by molar-refractivity contribution is 8.13. The maximum atomic E-state index is 10.8. The lowest BCUT2D eigenvalue weighted by Gasteiger charge is -2.43. The molecule has 1 saturated heterocycles. The van der Waals surface area contributed by atoms with Gasteiger partial charge in [-0.1, -0.05) is 11.8 Å². The van der Waals surface area contributed by atoms with Crippen LogP contribution in [0.15, 0.2) is 0 Å². The average molecular weight is 216 g/mol. The minimum absolute atomic E-state index is 0.251. The topological polar surface area (TPSA) is 17.1 Å². The molecule has 2 unspecified atom stereocenters. The molecule has 0 saturated carbocycles. The fourth-order valence-corrected chi connectivity index (χ4v) is 2.97. The smallest absolute Gasteiger partial charge is 0.186 e. The van der Waals surface area contributed by atoms with Crippen LogP contribution in [0, 0.1) is 0 Å². The lowest BCUT2D eigenvalue weighted by atomic mass is 10.0. The van der Waals surface area contributed by atoms with Gasteiger partial charge in [-0.15, -0.1) is 0 Å². The first kappa shape index (κ1) is 12.1.